The van der Waals surface area contributed by atoms with Gasteiger partial charge >= 0.3 is 5.97 Å². The lowest BCUT2D eigenvalue weighted by molar-refractivity contribution is -0.145. The molecule has 2 rings (SSSR count). The fraction of sp³-hybridized carbons (Fsp3) is 0.429. The van der Waals surface area contributed by atoms with E-state index < -0.39 is 5.97 Å². The third kappa shape index (κ3) is 3.01. The summed E-state index contributed by atoms with van der Waals surface area (Å²) in [6.07, 6.45) is 0.523. The van der Waals surface area contributed by atoms with Crippen molar-refractivity contribution in [1.29, 1.82) is 0 Å². The quantitative estimate of drug-likeness (QED) is 0.881. The number of ether oxygens (including phenoxy) is 2. The standard InChI is InChI=1S/C14H17NO5/c1-15(7-13(16)17)14(18)10-5-9-6-11(19-2)3-4-12(9)20-8-10/h3-4,6,10H,5,7-8H2,1-2H3,(H,16,17)/t10-/m0/s1. The molecule has 0 fully saturated rings. The Kier molecular flexibility index (Phi) is 4.12. The minimum atomic E-state index is -1.03. The fourth-order valence-electron chi connectivity index (χ4n) is 2.25. The van der Waals surface area contributed by atoms with E-state index in [1.165, 1.54) is 11.9 Å². The number of hydrogen-bond acceptors (Lipinski definition) is 4. The van der Waals surface area contributed by atoms with Crippen molar-refractivity contribution in [1.82, 2.24) is 4.90 Å². The van der Waals surface area contributed by atoms with Gasteiger partial charge < -0.3 is 19.5 Å². The molecule has 0 saturated heterocycles. The van der Waals surface area contributed by atoms with Crippen molar-refractivity contribution >= 4 is 11.9 Å². The van der Waals surface area contributed by atoms with Crippen LogP contribution in [0, 0.1) is 5.92 Å². The Bertz CT molecular complexity index is 528. The zero-order valence-corrected chi connectivity index (χ0v) is 11.5. The highest BCUT2D eigenvalue weighted by Crippen LogP contribution is 2.31. The minimum Gasteiger partial charge on any atom is -0.497 e. The van der Waals surface area contributed by atoms with Crippen LogP contribution in [0.2, 0.25) is 0 Å². The Morgan fingerprint density at radius 3 is 2.90 bits per heavy atom. The normalized spacial score (nSPS) is 16.8. The van der Waals surface area contributed by atoms with Crippen LogP contribution in [0.4, 0.5) is 0 Å². The van der Waals surface area contributed by atoms with Crippen molar-refractivity contribution in [3.05, 3.63) is 23.8 Å². The van der Waals surface area contributed by atoms with Crippen LogP contribution >= 0.6 is 0 Å². The van der Waals surface area contributed by atoms with Gasteiger partial charge in [-0.05, 0) is 30.2 Å². The zero-order valence-electron chi connectivity index (χ0n) is 11.5. The topological polar surface area (TPSA) is 76.1 Å². The number of methoxy groups -OCH3 is 1. The Labute approximate surface area is 116 Å². The van der Waals surface area contributed by atoms with Crippen LogP contribution in [-0.4, -0.2) is 49.2 Å². The largest absolute Gasteiger partial charge is 0.497 e. The summed E-state index contributed by atoms with van der Waals surface area (Å²) >= 11 is 0. The van der Waals surface area contributed by atoms with Crippen molar-refractivity contribution in [3.8, 4) is 11.5 Å². The first-order chi connectivity index (χ1) is 9.51. The third-order valence-corrected chi connectivity index (χ3v) is 3.27. The van der Waals surface area contributed by atoms with Crippen LogP contribution < -0.4 is 9.47 Å². The second-order valence-corrected chi connectivity index (χ2v) is 4.77. The average Bonchev–Trinajstić information content (AvgIpc) is 2.44. The van der Waals surface area contributed by atoms with Crippen molar-refractivity contribution in [2.75, 3.05) is 27.3 Å². The molecule has 1 N–H and O–H groups in total. The van der Waals surface area contributed by atoms with Crippen LogP contribution in [0.1, 0.15) is 5.56 Å². The molecule has 0 aliphatic carbocycles. The van der Waals surface area contributed by atoms with Gasteiger partial charge in [-0.2, -0.15) is 0 Å². The first kappa shape index (κ1) is 14.2. The molecule has 0 spiro atoms. The van der Waals surface area contributed by atoms with Crippen LogP contribution in [-0.2, 0) is 16.0 Å². The number of likely N-dealkylation sites (N-methyl/N-ethyl adjacent to an activating group) is 1. The molecule has 1 heterocycles. The van der Waals surface area contributed by atoms with Crippen molar-refractivity contribution in [2.45, 2.75) is 6.42 Å². The van der Waals surface area contributed by atoms with E-state index in [0.717, 1.165) is 11.3 Å². The lowest BCUT2D eigenvalue weighted by Crippen LogP contribution is -2.40. The molecule has 1 amide bonds. The molecule has 0 radical (unpaired) electrons. The monoisotopic (exact) mass is 279 g/mol. The summed E-state index contributed by atoms with van der Waals surface area (Å²) in [5.74, 6) is -0.158. The van der Waals surface area contributed by atoms with Gasteiger partial charge in [-0.25, -0.2) is 0 Å². The Hall–Kier alpha value is -2.24. The molecular weight excluding hydrogens is 262 g/mol. The number of carboxylic acids is 1. The lowest BCUT2D eigenvalue weighted by atomic mass is 9.95. The Balaban J connectivity index is 2.09. The molecular formula is C14H17NO5. The first-order valence-corrected chi connectivity index (χ1v) is 6.27. The number of carboxylic acid groups (broad SMARTS) is 1. The highest BCUT2D eigenvalue weighted by Gasteiger charge is 2.29. The maximum absolute atomic E-state index is 12.1. The fourth-order valence-corrected chi connectivity index (χ4v) is 2.25. The maximum Gasteiger partial charge on any atom is 0.323 e. The van der Waals surface area contributed by atoms with Gasteiger partial charge in [0.05, 0.1) is 13.0 Å². The summed E-state index contributed by atoms with van der Waals surface area (Å²) in [6.45, 7) is -0.0393. The summed E-state index contributed by atoms with van der Waals surface area (Å²) in [5.41, 5.74) is 0.901. The number of amides is 1. The summed E-state index contributed by atoms with van der Waals surface area (Å²) in [5, 5.41) is 8.72. The number of benzene rings is 1. The van der Waals surface area contributed by atoms with Gasteiger partial charge in [-0.3, -0.25) is 9.59 Å². The molecule has 0 aromatic heterocycles. The molecule has 6 heteroatoms. The predicted molar refractivity (Wildman–Crippen MR) is 71.0 cm³/mol. The summed E-state index contributed by atoms with van der Waals surface area (Å²) in [4.78, 5) is 24.0. The molecule has 0 unspecified atom stereocenters. The molecule has 108 valence electrons. The first-order valence-electron chi connectivity index (χ1n) is 6.27. The van der Waals surface area contributed by atoms with E-state index in [0.29, 0.717) is 12.2 Å². The molecule has 1 aliphatic heterocycles. The average molecular weight is 279 g/mol. The molecule has 6 nitrogen and oxygen atoms in total. The summed E-state index contributed by atoms with van der Waals surface area (Å²) < 4.78 is 10.7. The number of aliphatic carboxylic acids is 1. The van der Waals surface area contributed by atoms with Gasteiger partial charge in [-0.15, -0.1) is 0 Å². The van der Waals surface area contributed by atoms with Crippen molar-refractivity contribution in [2.24, 2.45) is 5.92 Å². The summed E-state index contributed by atoms with van der Waals surface area (Å²) in [6, 6.07) is 5.46. The number of nitrogens with zero attached hydrogens (tertiary/aromatic N) is 1. The van der Waals surface area contributed by atoms with E-state index in [2.05, 4.69) is 0 Å². The molecule has 1 aromatic rings. The van der Waals surface area contributed by atoms with Crippen LogP contribution in [0.25, 0.3) is 0 Å². The molecule has 20 heavy (non-hydrogen) atoms. The predicted octanol–water partition coefficient (Wildman–Crippen LogP) is 0.789. The number of carbonyl (C=O) groups is 2. The van der Waals surface area contributed by atoms with Gasteiger partial charge in [0.1, 0.15) is 24.7 Å². The SMILES string of the molecule is COc1ccc2c(c1)C[C@H](C(=O)N(C)CC(=O)O)CO2. The van der Waals surface area contributed by atoms with Crippen LogP contribution in [0.3, 0.4) is 0 Å². The van der Waals surface area contributed by atoms with E-state index >= 15 is 0 Å². The van der Waals surface area contributed by atoms with Crippen LogP contribution in [0.5, 0.6) is 11.5 Å². The van der Waals surface area contributed by atoms with E-state index in [1.807, 2.05) is 12.1 Å². The number of rotatable bonds is 4. The number of fused-ring (bicyclic) bond motifs is 1. The second-order valence-electron chi connectivity index (χ2n) is 4.77. The van der Waals surface area contributed by atoms with E-state index in [4.69, 9.17) is 14.6 Å². The molecule has 0 saturated carbocycles. The van der Waals surface area contributed by atoms with Crippen molar-refractivity contribution in [3.63, 3.8) is 0 Å². The van der Waals surface area contributed by atoms with Gasteiger partial charge in [-0.1, -0.05) is 0 Å². The molecule has 1 aliphatic rings. The highest BCUT2D eigenvalue weighted by molar-refractivity contribution is 5.83. The molecule has 0 bridgehead atoms. The maximum atomic E-state index is 12.1. The smallest absolute Gasteiger partial charge is 0.323 e. The van der Waals surface area contributed by atoms with E-state index in [1.54, 1.807) is 13.2 Å². The zero-order chi connectivity index (χ0) is 14.7. The molecule has 1 aromatic carbocycles. The van der Waals surface area contributed by atoms with E-state index in [9.17, 15) is 9.59 Å². The van der Waals surface area contributed by atoms with Gasteiger partial charge in [0.15, 0.2) is 0 Å². The molecule has 1 atom stereocenters. The van der Waals surface area contributed by atoms with Gasteiger partial charge in [0.25, 0.3) is 0 Å². The third-order valence-electron chi connectivity index (χ3n) is 3.27. The number of carbonyl (C=O) groups excluding carboxylic acids is 1. The van der Waals surface area contributed by atoms with E-state index in [-0.39, 0.29) is 25.0 Å². The number of hydrogen-bond donors (Lipinski definition) is 1. The van der Waals surface area contributed by atoms with Crippen LogP contribution in [0.15, 0.2) is 18.2 Å². The Morgan fingerprint density at radius 2 is 2.25 bits per heavy atom. The highest BCUT2D eigenvalue weighted by atomic mass is 16.5. The second kappa shape index (κ2) is 5.81. The minimum absolute atomic E-state index is 0.221. The van der Waals surface area contributed by atoms with Crippen molar-refractivity contribution < 1.29 is 24.2 Å². The lowest BCUT2D eigenvalue weighted by Gasteiger charge is -2.27. The Morgan fingerprint density at radius 1 is 1.50 bits per heavy atom. The summed E-state index contributed by atoms with van der Waals surface area (Å²) in [7, 11) is 3.06. The van der Waals surface area contributed by atoms with Gasteiger partial charge in [0, 0.05) is 7.05 Å². The van der Waals surface area contributed by atoms with Gasteiger partial charge in [0.2, 0.25) is 5.91 Å².